The Bertz CT molecular complexity index is 271. The van der Waals surface area contributed by atoms with Crippen LogP contribution < -0.4 is 0 Å². The molecular weight excluding hydrogens is 198 g/mol. The predicted octanol–water partition coefficient (Wildman–Crippen LogP) is 1.07. The van der Waals surface area contributed by atoms with E-state index in [1.54, 1.807) is 4.90 Å². The average molecular weight is 213 g/mol. The standard InChI is InChI=1S/C10H15NO2S/c1-10(3-2-4-14-10)7-11-6-8(12)5-9(11)13/h2-7H2,1H3. The molecule has 0 bridgehead atoms. The Hall–Kier alpha value is -0.510. The minimum absolute atomic E-state index is 0.0173. The van der Waals surface area contributed by atoms with E-state index in [9.17, 15) is 9.59 Å². The molecule has 2 aliphatic rings. The van der Waals surface area contributed by atoms with Gasteiger partial charge in [0, 0.05) is 11.3 Å². The van der Waals surface area contributed by atoms with Crippen LogP contribution in [0.4, 0.5) is 0 Å². The maximum absolute atomic E-state index is 11.4. The van der Waals surface area contributed by atoms with Crippen LogP contribution in [0.5, 0.6) is 0 Å². The molecule has 0 radical (unpaired) electrons. The van der Waals surface area contributed by atoms with Crippen molar-refractivity contribution in [2.45, 2.75) is 30.9 Å². The molecule has 0 saturated carbocycles. The van der Waals surface area contributed by atoms with E-state index in [0.717, 1.165) is 13.0 Å². The molecule has 1 atom stereocenters. The van der Waals surface area contributed by atoms with Crippen molar-refractivity contribution in [1.29, 1.82) is 0 Å². The Kier molecular flexibility index (Phi) is 2.56. The van der Waals surface area contributed by atoms with Gasteiger partial charge in [-0.3, -0.25) is 9.59 Å². The van der Waals surface area contributed by atoms with Crippen LogP contribution >= 0.6 is 11.8 Å². The SMILES string of the molecule is CC1(CN2CC(=O)CC2=O)CCCS1. The maximum atomic E-state index is 11.4. The number of thioether (sulfide) groups is 1. The molecule has 2 saturated heterocycles. The lowest BCUT2D eigenvalue weighted by Crippen LogP contribution is -2.38. The fourth-order valence-corrected chi connectivity index (χ4v) is 3.46. The third-order valence-electron chi connectivity index (χ3n) is 2.89. The maximum Gasteiger partial charge on any atom is 0.230 e. The normalized spacial score (nSPS) is 33.1. The van der Waals surface area contributed by atoms with Gasteiger partial charge in [-0.25, -0.2) is 0 Å². The van der Waals surface area contributed by atoms with Gasteiger partial charge in [0.1, 0.15) is 0 Å². The first-order valence-corrected chi connectivity index (χ1v) is 6.01. The van der Waals surface area contributed by atoms with Gasteiger partial charge in [0.05, 0.1) is 13.0 Å². The van der Waals surface area contributed by atoms with E-state index >= 15 is 0 Å². The molecule has 0 N–H and O–H groups in total. The summed E-state index contributed by atoms with van der Waals surface area (Å²) < 4.78 is 0.195. The Morgan fingerprint density at radius 1 is 1.50 bits per heavy atom. The minimum Gasteiger partial charge on any atom is -0.334 e. The van der Waals surface area contributed by atoms with Gasteiger partial charge in [-0.1, -0.05) is 0 Å². The molecule has 2 heterocycles. The third-order valence-corrected chi connectivity index (χ3v) is 4.42. The van der Waals surface area contributed by atoms with Gasteiger partial charge < -0.3 is 4.90 Å². The second kappa shape index (κ2) is 3.57. The Morgan fingerprint density at radius 3 is 2.79 bits per heavy atom. The van der Waals surface area contributed by atoms with Crippen molar-refractivity contribution in [3.8, 4) is 0 Å². The van der Waals surface area contributed by atoms with E-state index in [2.05, 4.69) is 6.92 Å². The number of likely N-dealkylation sites (tertiary alicyclic amines) is 1. The van der Waals surface area contributed by atoms with Gasteiger partial charge in [-0.05, 0) is 25.5 Å². The second-order valence-corrected chi connectivity index (χ2v) is 6.05. The number of rotatable bonds is 2. The van der Waals surface area contributed by atoms with Gasteiger partial charge in [-0.15, -0.1) is 0 Å². The molecule has 2 rings (SSSR count). The van der Waals surface area contributed by atoms with Gasteiger partial charge in [0.25, 0.3) is 0 Å². The molecule has 0 aromatic heterocycles. The number of ketones is 1. The number of hydrogen-bond acceptors (Lipinski definition) is 3. The topological polar surface area (TPSA) is 37.4 Å². The highest BCUT2D eigenvalue weighted by Crippen LogP contribution is 2.38. The van der Waals surface area contributed by atoms with Crippen LogP contribution in [0.3, 0.4) is 0 Å². The Morgan fingerprint density at radius 2 is 2.29 bits per heavy atom. The molecule has 0 aromatic rings. The van der Waals surface area contributed by atoms with Crippen LogP contribution in [0, 0.1) is 0 Å². The van der Waals surface area contributed by atoms with Crippen molar-refractivity contribution in [3.05, 3.63) is 0 Å². The molecule has 14 heavy (non-hydrogen) atoms. The second-order valence-electron chi connectivity index (χ2n) is 4.37. The number of Topliss-reactive ketones (excluding diaryl/α,β-unsaturated/α-hetero) is 1. The number of amides is 1. The summed E-state index contributed by atoms with van der Waals surface area (Å²) in [7, 11) is 0. The summed E-state index contributed by atoms with van der Waals surface area (Å²) in [6.45, 7) is 3.29. The fraction of sp³-hybridized carbons (Fsp3) is 0.800. The molecule has 0 spiro atoms. The van der Waals surface area contributed by atoms with E-state index in [4.69, 9.17) is 0 Å². The highest BCUT2D eigenvalue weighted by molar-refractivity contribution is 8.00. The smallest absolute Gasteiger partial charge is 0.230 e. The van der Waals surface area contributed by atoms with Crippen molar-refractivity contribution >= 4 is 23.5 Å². The van der Waals surface area contributed by atoms with Crippen molar-refractivity contribution in [2.75, 3.05) is 18.8 Å². The minimum atomic E-state index is 0.0173. The molecule has 4 heteroatoms. The van der Waals surface area contributed by atoms with E-state index in [1.807, 2.05) is 11.8 Å². The van der Waals surface area contributed by atoms with Gasteiger partial charge >= 0.3 is 0 Å². The molecule has 78 valence electrons. The first-order chi connectivity index (χ1) is 6.59. The Labute approximate surface area is 88.2 Å². The molecule has 0 aliphatic carbocycles. The highest BCUT2D eigenvalue weighted by atomic mass is 32.2. The van der Waals surface area contributed by atoms with Gasteiger partial charge in [0.15, 0.2) is 5.78 Å². The first kappa shape index (κ1) is 10.0. The summed E-state index contributed by atoms with van der Waals surface area (Å²) in [4.78, 5) is 24.2. The summed E-state index contributed by atoms with van der Waals surface area (Å²) >= 11 is 1.93. The van der Waals surface area contributed by atoms with E-state index < -0.39 is 0 Å². The van der Waals surface area contributed by atoms with E-state index in [1.165, 1.54) is 12.2 Å². The summed E-state index contributed by atoms with van der Waals surface area (Å²) in [5, 5.41) is 0. The van der Waals surface area contributed by atoms with Crippen LogP contribution in [-0.2, 0) is 9.59 Å². The van der Waals surface area contributed by atoms with Crippen LogP contribution in [0.25, 0.3) is 0 Å². The molecular formula is C10H15NO2S. The van der Waals surface area contributed by atoms with E-state index in [0.29, 0.717) is 6.54 Å². The van der Waals surface area contributed by atoms with Crippen LogP contribution in [0.1, 0.15) is 26.2 Å². The number of carbonyl (C=O) groups is 2. The van der Waals surface area contributed by atoms with Crippen LogP contribution in [-0.4, -0.2) is 40.2 Å². The first-order valence-electron chi connectivity index (χ1n) is 5.02. The number of hydrogen-bond donors (Lipinski definition) is 0. The lowest BCUT2D eigenvalue weighted by Gasteiger charge is -2.28. The summed E-state index contributed by atoms with van der Waals surface area (Å²) in [6, 6.07) is 0. The van der Waals surface area contributed by atoms with E-state index in [-0.39, 0.29) is 22.9 Å². The Balaban J connectivity index is 1.97. The molecule has 2 fully saturated rings. The average Bonchev–Trinajstić information content (AvgIpc) is 2.61. The highest BCUT2D eigenvalue weighted by Gasteiger charge is 2.36. The van der Waals surface area contributed by atoms with Crippen molar-refractivity contribution in [3.63, 3.8) is 0 Å². The zero-order valence-electron chi connectivity index (χ0n) is 8.41. The molecule has 1 amide bonds. The monoisotopic (exact) mass is 213 g/mol. The fourth-order valence-electron chi connectivity index (χ4n) is 2.15. The number of nitrogens with zero attached hydrogens (tertiary/aromatic N) is 1. The van der Waals surface area contributed by atoms with Crippen molar-refractivity contribution in [1.82, 2.24) is 4.90 Å². The summed E-state index contributed by atoms with van der Waals surface area (Å²) in [6.07, 6.45) is 2.52. The zero-order chi connectivity index (χ0) is 10.2. The molecule has 2 aliphatic heterocycles. The van der Waals surface area contributed by atoms with Crippen LogP contribution in [0.15, 0.2) is 0 Å². The van der Waals surface area contributed by atoms with Crippen molar-refractivity contribution < 1.29 is 9.59 Å². The third kappa shape index (κ3) is 1.95. The van der Waals surface area contributed by atoms with Gasteiger partial charge in [-0.2, -0.15) is 11.8 Å². The largest absolute Gasteiger partial charge is 0.334 e. The zero-order valence-corrected chi connectivity index (χ0v) is 9.23. The quantitative estimate of drug-likeness (QED) is 0.644. The lowest BCUT2D eigenvalue weighted by atomic mass is 10.1. The lowest BCUT2D eigenvalue weighted by molar-refractivity contribution is -0.128. The summed E-state index contributed by atoms with van der Waals surface area (Å²) in [5.41, 5.74) is 0. The molecule has 0 aromatic carbocycles. The van der Waals surface area contributed by atoms with Crippen molar-refractivity contribution in [2.24, 2.45) is 0 Å². The van der Waals surface area contributed by atoms with Gasteiger partial charge in [0.2, 0.25) is 5.91 Å². The van der Waals surface area contributed by atoms with Crippen LogP contribution in [0.2, 0.25) is 0 Å². The predicted molar refractivity (Wildman–Crippen MR) is 56.3 cm³/mol. The molecule has 1 unspecified atom stereocenters. The molecule has 3 nitrogen and oxygen atoms in total. The summed E-state index contributed by atoms with van der Waals surface area (Å²) in [5.74, 6) is 1.28. The number of carbonyl (C=O) groups excluding carboxylic acids is 2.